The molecule has 0 spiro atoms. The van der Waals surface area contributed by atoms with Gasteiger partial charge >= 0.3 is 0 Å². The van der Waals surface area contributed by atoms with E-state index in [2.05, 4.69) is 35.5 Å². The van der Waals surface area contributed by atoms with Crippen LogP contribution in [0.2, 0.25) is 0 Å². The van der Waals surface area contributed by atoms with Gasteiger partial charge in [-0.2, -0.15) is 12.6 Å². The normalized spacial score (nSPS) is 8.92. The van der Waals surface area contributed by atoms with Crippen molar-refractivity contribution in [2.24, 2.45) is 0 Å². The monoisotopic (exact) mass is 177 g/mol. The molecule has 1 aromatic heterocycles. The molecule has 1 rings (SSSR count). The molecule has 0 unspecified atom stereocenters. The van der Waals surface area contributed by atoms with Gasteiger partial charge in [0.15, 0.2) is 0 Å². The van der Waals surface area contributed by atoms with Crippen molar-refractivity contribution in [2.45, 2.75) is 13.8 Å². The molecule has 2 heteroatoms. The summed E-state index contributed by atoms with van der Waals surface area (Å²) < 4.78 is 0. The predicted octanol–water partition coefficient (Wildman–Crippen LogP) is 1.98. The lowest BCUT2D eigenvalue weighted by molar-refractivity contribution is 1.19. The number of aromatic nitrogens is 1. The Balaban J connectivity index is 3.01. The highest BCUT2D eigenvalue weighted by Crippen LogP contribution is 2.04. The van der Waals surface area contributed by atoms with Crippen LogP contribution < -0.4 is 0 Å². The molecule has 0 amide bonds. The molecular formula is C10H11NS. The average Bonchev–Trinajstić information content (AvgIpc) is 2.03. The molecule has 0 saturated carbocycles. The molecule has 1 nitrogen and oxygen atoms in total. The lowest BCUT2D eigenvalue weighted by atomic mass is 10.2. The lowest BCUT2D eigenvalue weighted by Crippen LogP contribution is -1.88. The summed E-state index contributed by atoms with van der Waals surface area (Å²) in [5.74, 6) is 6.41. The number of thiol groups is 1. The van der Waals surface area contributed by atoms with Crippen molar-refractivity contribution in [2.75, 3.05) is 5.75 Å². The van der Waals surface area contributed by atoms with Gasteiger partial charge in [-0.25, -0.2) is 4.98 Å². The van der Waals surface area contributed by atoms with Crippen molar-refractivity contribution in [3.05, 3.63) is 29.1 Å². The summed E-state index contributed by atoms with van der Waals surface area (Å²) in [5, 5.41) is 0. The highest BCUT2D eigenvalue weighted by molar-refractivity contribution is 7.80. The minimum absolute atomic E-state index is 0.578. The van der Waals surface area contributed by atoms with Crippen LogP contribution in [0.4, 0.5) is 0 Å². The molecule has 12 heavy (non-hydrogen) atoms. The van der Waals surface area contributed by atoms with Crippen LogP contribution in [0.5, 0.6) is 0 Å². The van der Waals surface area contributed by atoms with Gasteiger partial charge < -0.3 is 0 Å². The van der Waals surface area contributed by atoms with E-state index in [1.54, 1.807) is 0 Å². The van der Waals surface area contributed by atoms with Gasteiger partial charge in [0, 0.05) is 6.20 Å². The average molecular weight is 177 g/mol. The van der Waals surface area contributed by atoms with Crippen LogP contribution in [0.1, 0.15) is 16.8 Å². The molecule has 1 heterocycles. The van der Waals surface area contributed by atoms with E-state index in [1.807, 2.05) is 20.0 Å². The first-order chi connectivity index (χ1) is 5.74. The third-order valence-electron chi connectivity index (χ3n) is 1.50. The predicted molar refractivity (Wildman–Crippen MR) is 54.4 cm³/mol. The maximum absolute atomic E-state index is 4.21. The van der Waals surface area contributed by atoms with Gasteiger partial charge in [-0.3, -0.25) is 0 Å². The second-order valence-electron chi connectivity index (χ2n) is 2.64. The minimum Gasteiger partial charge on any atom is -0.247 e. The topological polar surface area (TPSA) is 12.9 Å². The van der Waals surface area contributed by atoms with Gasteiger partial charge in [0.2, 0.25) is 0 Å². The van der Waals surface area contributed by atoms with E-state index in [0.717, 1.165) is 11.3 Å². The smallest absolute Gasteiger partial charge is 0.116 e. The summed E-state index contributed by atoms with van der Waals surface area (Å²) in [6, 6.07) is 2.08. The molecule has 0 radical (unpaired) electrons. The zero-order chi connectivity index (χ0) is 8.97. The fraction of sp³-hybridized carbons (Fsp3) is 0.300. The summed E-state index contributed by atoms with van der Waals surface area (Å²) in [4.78, 5) is 4.21. The number of pyridine rings is 1. The Bertz CT molecular complexity index is 333. The summed E-state index contributed by atoms with van der Waals surface area (Å²) in [7, 11) is 0. The molecule has 0 aliphatic carbocycles. The third-order valence-corrected chi connectivity index (χ3v) is 1.66. The van der Waals surface area contributed by atoms with E-state index in [0.29, 0.717) is 5.75 Å². The van der Waals surface area contributed by atoms with Crippen LogP contribution >= 0.6 is 12.6 Å². The largest absolute Gasteiger partial charge is 0.247 e. The van der Waals surface area contributed by atoms with Crippen molar-refractivity contribution in [3.8, 4) is 11.8 Å². The van der Waals surface area contributed by atoms with Crippen LogP contribution in [0.3, 0.4) is 0 Å². The molecule has 0 aliphatic heterocycles. The van der Waals surface area contributed by atoms with Gasteiger partial charge in [-0.05, 0) is 30.9 Å². The number of aryl methyl sites for hydroxylation is 2. The van der Waals surface area contributed by atoms with Gasteiger partial charge in [0.1, 0.15) is 5.69 Å². The molecule has 0 bridgehead atoms. The first-order valence-corrected chi connectivity index (χ1v) is 4.40. The molecule has 0 saturated heterocycles. The Morgan fingerprint density at radius 1 is 1.50 bits per heavy atom. The Kier molecular flexibility index (Phi) is 3.19. The van der Waals surface area contributed by atoms with Gasteiger partial charge in [-0.1, -0.05) is 12.0 Å². The van der Waals surface area contributed by atoms with Crippen LogP contribution in [0.25, 0.3) is 0 Å². The summed E-state index contributed by atoms with van der Waals surface area (Å²) >= 11 is 4.00. The van der Waals surface area contributed by atoms with Crippen molar-refractivity contribution >= 4 is 12.6 Å². The molecule has 1 aromatic rings. The summed E-state index contributed by atoms with van der Waals surface area (Å²) in [6.45, 7) is 4.04. The van der Waals surface area contributed by atoms with E-state index in [9.17, 15) is 0 Å². The minimum atomic E-state index is 0.578. The Hall–Kier alpha value is -0.940. The van der Waals surface area contributed by atoms with E-state index < -0.39 is 0 Å². The molecule has 0 aromatic carbocycles. The second kappa shape index (κ2) is 4.18. The number of rotatable bonds is 0. The van der Waals surface area contributed by atoms with Crippen LogP contribution in [-0.2, 0) is 0 Å². The van der Waals surface area contributed by atoms with Crippen LogP contribution in [0, 0.1) is 25.7 Å². The van der Waals surface area contributed by atoms with E-state index in [4.69, 9.17) is 0 Å². The highest BCUT2D eigenvalue weighted by Gasteiger charge is 1.94. The zero-order valence-corrected chi connectivity index (χ0v) is 8.15. The van der Waals surface area contributed by atoms with E-state index >= 15 is 0 Å². The molecular weight excluding hydrogens is 166 g/mol. The quantitative estimate of drug-likeness (QED) is 0.472. The van der Waals surface area contributed by atoms with Gasteiger partial charge in [-0.15, -0.1) is 0 Å². The van der Waals surface area contributed by atoms with Crippen LogP contribution in [-0.4, -0.2) is 10.7 Å². The van der Waals surface area contributed by atoms with Crippen molar-refractivity contribution in [1.29, 1.82) is 0 Å². The molecule has 0 aliphatic rings. The second-order valence-corrected chi connectivity index (χ2v) is 2.95. The Morgan fingerprint density at radius 3 is 2.83 bits per heavy atom. The number of hydrogen-bond donors (Lipinski definition) is 1. The molecule has 0 N–H and O–H groups in total. The Labute approximate surface area is 78.6 Å². The summed E-state index contributed by atoms with van der Waals surface area (Å²) in [6.07, 6.45) is 1.83. The third kappa shape index (κ3) is 2.28. The zero-order valence-electron chi connectivity index (χ0n) is 7.26. The molecule has 62 valence electrons. The van der Waals surface area contributed by atoms with Crippen LogP contribution in [0.15, 0.2) is 12.3 Å². The first-order valence-electron chi connectivity index (χ1n) is 3.77. The number of hydrogen-bond acceptors (Lipinski definition) is 2. The fourth-order valence-corrected chi connectivity index (χ4v) is 1.05. The maximum Gasteiger partial charge on any atom is 0.116 e. The van der Waals surface area contributed by atoms with E-state index in [-0.39, 0.29) is 0 Å². The standard InChI is InChI=1S/C10H11NS/c1-8-6-9(2)10(11-7-8)4-3-5-12/h6-7,12H,5H2,1-2H3. The lowest BCUT2D eigenvalue weighted by Gasteiger charge is -1.97. The number of nitrogens with zero attached hydrogens (tertiary/aromatic N) is 1. The first kappa shape index (κ1) is 9.15. The highest BCUT2D eigenvalue weighted by atomic mass is 32.1. The fourth-order valence-electron chi connectivity index (χ4n) is 0.969. The maximum atomic E-state index is 4.21. The Morgan fingerprint density at radius 2 is 2.25 bits per heavy atom. The van der Waals surface area contributed by atoms with Crippen molar-refractivity contribution < 1.29 is 0 Å². The van der Waals surface area contributed by atoms with Gasteiger partial charge in [0.25, 0.3) is 0 Å². The van der Waals surface area contributed by atoms with Crippen molar-refractivity contribution in [3.63, 3.8) is 0 Å². The van der Waals surface area contributed by atoms with E-state index in [1.165, 1.54) is 5.56 Å². The molecule has 0 fully saturated rings. The summed E-state index contributed by atoms with van der Waals surface area (Å²) in [5.41, 5.74) is 3.16. The molecule has 0 atom stereocenters. The van der Waals surface area contributed by atoms with Crippen molar-refractivity contribution in [1.82, 2.24) is 4.98 Å². The van der Waals surface area contributed by atoms with Gasteiger partial charge in [0.05, 0.1) is 5.75 Å². The SMILES string of the molecule is Cc1cnc(C#CCS)c(C)c1.